The first-order valence-electron chi connectivity index (χ1n) is 5.95. The maximum atomic E-state index is 14.1. The van der Waals surface area contributed by atoms with Crippen LogP contribution in [0, 0.1) is 16.4 Å². The molecule has 0 aliphatic carbocycles. The molecule has 21 heavy (non-hydrogen) atoms. The van der Waals surface area contributed by atoms with Crippen LogP contribution in [0.25, 0.3) is 16.7 Å². The molecular formula is C14H9BrF2N2OS. The van der Waals surface area contributed by atoms with Gasteiger partial charge in [-0.25, -0.2) is 8.78 Å². The highest BCUT2D eigenvalue weighted by Crippen LogP contribution is 2.27. The fourth-order valence-corrected chi connectivity index (χ4v) is 2.76. The number of methoxy groups -OCH3 is 1. The molecule has 0 amide bonds. The number of benzene rings is 2. The van der Waals surface area contributed by atoms with Crippen LogP contribution in [0.15, 0.2) is 34.8 Å². The molecule has 0 atom stereocenters. The van der Waals surface area contributed by atoms with Gasteiger partial charge in [0.25, 0.3) is 0 Å². The zero-order chi connectivity index (χ0) is 15.1. The van der Waals surface area contributed by atoms with E-state index in [4.69, 9.17) is 17.0 Å². The van der Waals surface area contributed by atoms with E-state index in [1.165, 1.54) is 4.57 Å². The number of hydrogen-bond donors (Lipinski definition) is 1. The molecule has 0 aliphatic rings. The monoisotopic (exact) mass is 370 g/mol. The second-order valence-corrected chi connectivity index (χ2v) is 5.61. The standard InChI is InChI=1S/C14H9BrF2N2OS/c1-20-7-2-3-12-11(4-7)18-14(21)19(12)13-6-9(16)8(15)5-10(13)17/h2-6H,1H3,(H,18,21). The second kappa shape index (κ2) is 5.23. The van der Waals surface area contributed by atoms with Crippen molar-refractivity contribution in [2.24, 2.45) is 0 Å². The molecule has 0 saturated carbocycles. The lowest BCUT2D eigenvalue weighted by atomic mass is 10.2. The minimum absolute atomic E-state index is 0.0529. The summed E-state index contributed by atoms with van der Waals surface area (Å²) >= 11 is 8.17. The van der Waals surface area contributed by atoms with Crippen molar-refractivity contribution >= 4 is 39.2 Å². The number of nitrogens with one attached hydrogen (secondary N) is 1. The van der Waals surface area contributed by atoms with E-state index in [9.17, 15) is 8.78 Å². The molecule has 0 saturated heterocycles. The first-order valence-corrected chi connectivity index (χ1v) is 7.15. The van der Waals surface area contributed by atoms with Crippen molar-refractivity contribution in [3.05, 3.63) is 51.2 Å². The Kier molecular flexibility index (Phi) is 3.54. The first kappa shape index (κ1) is 14.2. The van der Waals surface area contributed by atoms with Crippen LogP contribution < -0.4 is 4.74 Å². The molecule has 1 heterocycles. The molecule has 7 heteroatoms. The predicted molar refractivity (Wildman–Crippen MR) is 82.6 cm³/mol. The van der Waals surface area contributed by atoms with E-state index in [0.717, 1.165) is 12.1 Å². The van der Waals surface area contributed by atoms with Crippen LogP contribution >= 0.6 is 28.1 Å². The van der Waals surface area contributed by atoms with Gasteiger partial charge in [-0.3, -0.25) is 4.57 Å². The molecule has 1 aromatic heterocycles. The molecule has 0 fully saturated rings. The van der Waals surface area contributed by atoms with E-state index in [0.29, 0.717) is 16.8 Å². The number of aromatic nitrogens is 2. The lowest BCUT2D eigenvalue weighted by Crippen LogP contribution is -1.99. The number of nitrogens with zero attached hydrogens (tertiary/aromatic N) is 1. The summed E-state index contributed by atoms with van der Waals surface area (Å²) in [6, 6.07) is 7.39. The van der Waals surface area contributed by atoms with Crippen LogP contribution in [0.1, 0.15) is 0 Å². The summed E-state index contributed by atoms with van der Waals surface area (Å²) in [6.45, 7) is 0. The highest BCUT2D eigenvalue weighted by molar-refractivity contribution is 9.10. The molecule has 0 spiro atoms. The summed E-state index contributed by atoms with van der Waals surface area (Å²) in [5.41, 5.74) is 1.38. The van der Waals surface area contributed by atoms with Gasteiger partial charge in [-0.1, -0.05) is 0 Å². The van der Waals surface area contributed by atoms with Crippen LogP contribution in [0.5, 0.6) is 5.75 Å². The lowest BCUT2D eigenvalue weighted by Gasteiger charge is -2.08. The molecular weight excluding hydrogens is 362 g/mol. The van der Waals surface area contributed by atoms with Crippen molar-refractivity contribution in [1.29, 1.82) is 0 Å². The zero-order valence-corrected chi connectivity index (χ0v) is 13.2. The third-order valence-electron chi connectivity index (χ3n) is 3.12. The van der Waals surface area contributed by atoms with Crippen molar-refractivity contribution < 1.29 is 13.5 Å². The number of halogens is 3. The molecule has 2 aromatic carbocycles. The van der Waals surface area contributed by atoms with Gasteiger partial charge >= 0.3 is 0 Å². The van der Waals surface area contributed by atoms with Gasteiger partial charge in [0.1, 0.15) is 17.4 Å². The Labute approximate surface area is 132 Å². The Morgan fingerprint density at radius 3 is 2.67 bits per heavy atom. The van der Waals surface area contributed by atoms with E-state index in [-0.39, 0.29) is 14.9 Å². The number of fused-ring (bicyclic) bond motifs is 1. The summed E-state index contributed by atoms with van der Waals surface area (Å²) in [5.74, 6) is -0.486. The average Bonchev–Trinajstić information content (AvgIpc) is 2.77. The molecule has 1 N–H and O–H groups in total. The molecule has 0 aliphatic heterocycles. The quantitative estimate of drug-likeness (QED) is 0.521. The summed E-state index contributed by atoms with van der Waals surface area (Å²) in [7, 11) is 1.55. The minimum atomic E-state index is -0.573. The van der Waals surface area contributed by atoms with Crippen LogP contribution in [-0.4, -0.2) is 16.7 Å². The average molecular weight is 371 g/mol. The zero-order valence-electron chi connectivity index (χ0n) is 10.8. The Hall–Kier alpha value is -1.73. The molecule has 108 valence electrons. The molecule has 0 bridgehead atoms. The van der Waals surface area contributed by atoms with Crippen LogP contribution in [0.3, 0.4) is 0 Å². The summed E-state index contributed by atoms with van der Waals surface area (Å²) in [4.78, 5) is 2.96. The maximum Gasteiger partial charge on any atom is 0.182 e. The molecule has 0 unspecified atom stereocenters. The van der Waals surface area contributed by atoms with Crippen molar-refractivity contribution in [2.75, 3.05) is 7.11 Å². The van der Waals surface area contributed by atoms with Crippen molar-refractivity contribution in [3.8, 4) is 11.4 Å². The topological polar surface area (TPSA) is 29.9 Å². The fourth-order valence-electron chi connectivity index (χ4n) is 2.14. The second-order valence-electron chi connectivity index (χ2n) is 4.37. The Morgan fingerprint density at radius 1 is 1.19 bits per heavy atom. The van der Waals surface area contributed by atoms with Gasteiger partial charge in [0.15, 0.2) is 4.77 Å². The van der Waals surface area contributed by atoms with Gasteiger partial charge in [0.05, 0.1) is 28.3 Å². The van der Waals surface area contributed by atoms with E-state index in [1.807, 2.05) is 0 Å². The number of H-pyrrole nitrogens is 1. The Balaban J connectivity index is 2.33. The van der Waals surface area contributed by atoms with E-state index in [1.54, 1.807) is 25.3 Å². The Bertz CT molecular complexity index is 904. The SMILES string of the molecule is COc1ccc2c(c1)[nH]c(=S)n2-c1cc(F)c(Br)cc1F. The molecule has 3 rings (SSSR count). The minimum Gasteiger partial charge on any atom is -0.497 e. The largest absolute Gasteiger partial charge is 0.497 e. The van der Waals surface area contributed by atoms with E-state index in [2.05, 4.69) is 20.9 Å². The van der Waals surface area contributed by atoms with E-state index >= 15 is 0 Å². The highest BCUT2D eigenvalue weighted by Gasteiger charge is 2.14. The van der Waals surface area contributed by atoms with Gasteiger partial charge in [-0.2, -0.15) is 0 Å². The highest BCUT2D eigenvalue weighted by atomic mass is 79.9. The van der Waals surface area contributed by atoms with Crippen molar-refractivity contribution in [3.63, 3.8) is 0 Å². The van der Waals surface area contributed by atoms with Crippen LogP contribution in [0.4, 0.5) is 8.78 Å². The molecule has 0 radical (unpaired) electrons. The summed E-state index contributed by atoms with van der Waals surface area (Å²) < 4.78 is 34.8. The van der Waals surface area contributed by atoms with Gasteiger partial charge in [-0.05, 0) is 46.3 Å². The van der Waals surface area contributed by atoms with Crippen molar-refractivity contribution in [1.82, 2.24) is 9.55 Å². The number of imidazole rings is 1. The fraction of sp³-hybridized carbons (Fsp3) is 0.0714. The van der Waals surface area contributed by atoms with E-state index < -0.39 is 11.6 Å². The van der Waals surface area contributed by atoms with Gasteiger partial charge in [0.2, 0.25) is 0 Å². The normalized spacial score (nSPS) is 11.0. The summed E-state index contributed by atoms with van der Waals surface area (Å²) in [6.07, 6.45) is 0. The summed E-state index contributed by atoms with van der Waals surface area (Å²) in [5, 5.41) is 0. The number of ether oxygens (including phenoxy) is 1. The van der Waals surface area contributed by atoms with Crippen LogP contribution in [0.2, 0.25) is 0 Å². The predicted octanol–water partition coefficient (Wildman–Crippen LogP) is 4.74. The first-order chi connectivity index (χ1) is 10.0. The lowest BCUT2D eigenvalue weighted by molar-refractivity contribution is 0.415. The smallest absolute Gasteiger partial charge is 0.182 e. The number of rotatable bonds is 2. The van der Waals surface area contributed by atoms with Crippen LogP contribution in [-0.2, 0) is 0 Å². The van der Waals surface area contributed by atoms with Crippen molar-refractivity contribution in [2.45, 2.75) is 0 Å². The maximum absolute atomic E-state index is 14.1. The Morgan fingerprint density at radius 2 is 1.95 bits per heavy atom. The molecule has 3 nitrogen and oxygen atoms in total. The number of aromatic amines is 1. The number of hydrogen-bond acceptors (Lipinski definition) is 2. The van der Waals surface area contributed by atoms with Gasteiger partial charge in [-0.15, -0.1) is 0 Å². The van der Waals surface area contributed by atoms with Gasteiger partial charge < -0.3 is 9.72 Å². The third kappa shape index (κ3) is 2.36. The van der Waals surface area contributed by atoms with Gasteiger partial charge in [0, 0.05) is 12.1 Å². The third-order valence-corrected chi connectivity index (χ3v) is 4.01. The molecule has 3 aromatic rings.